The average Bonchev–Trinajstić information content (AvgIpc) is 1.68. The van der Waals surface area contributed by atoms with Gasteiger partial charge in [-0.1, -0.05) is 6.58 Å². The fraction of sp³-hybridized carbons (Fsp3) is 0.333. The molecule has 0 aliphatic heterocycles. The molecule has 0 aromatic heterocycles. The zero-order valence-corrected chi connectivity index (χ0v) is 4.52. The molecule has 0 radical (unpaired) electrons. The van der Waals surface area contributed by atoms with E-state index in [9.17, 15) is 0 Å². The lowest BCUT2D eigenvalue weighted by atomic mass is 10.2. The first kappa shape index (κ1) is 6.72. The van der Waals surface area contributed by atoms with E-state index in [0.717, 1.165) is 0 Å². The van der Waals surface area contributed by atoms with Crippen LogP contribution in [0, 0.1) is 22.7 Å². The Hall–Kier alpha value is -1.28. The highest BCUT2D eigenvalue weighted by Gasteiger charge is 1.87. The standard InChI is InChI=1S/C6H6N2/c1-6(2-4-7)3-5-8/h1-3H2. The van der Waals surface area contributed by atoms with Crippen LogP contribution in [0.5, 0.6) is 0 Å². The fourth-order valence-corrected chi connectivity index (χ4v) is 0.286. The van der Waals surface area contributed by atoms with Crippen LogP contribution in [0.15, 0.2) is 12.2 Å². The zero-order valence-electron chi connectivity index (χ0n) is 4.52. The summed E-state index contributed by atoms with van der Waals surface area (Å²) in [5.41, 5.74) is 0.690. The molecule has 2 heteroatoms. The summed E-state index contributed by atoms with van der Waals surface area (Å²) in [7, 11) is 0. The fourth-order valence-electron chi connectivity index (χ4n) is 0.286. The highest BCUT2D eigenvalue weighted by Crippen LogP contribution is 1.99. The molecule has 0 atom stereocenters. The van der Waals surface area contributed by atoms with Crippen LogP contribution in [0.4, 0.5) is 0 Å². The van der Waals surface area contributed by atoms with Gasteiger partial charge in [-0.25, -0.2) is 0 Å². The molecule has 0 spiro atoms. The first-order valence-corrected chi connectivity index (χ1v) is 2.21. The Morgan fingerprint density at radius 2 is 1.62 bits per heavy atom. The SMILES string of the molecule is C=C(CC#N)CC#N. The first-order valence-electron chi connectivity index (χ1n) is 2.21. The predicted molar refractivity (Wildman–Crippen MR) is 29.6 cm³/mol. The molecule has 0 N–H and O–H groups in total. The second kappa shape index (κ2) is 3.89. The topological polar surface area (TPSA) is 47.6 Å². The maximum absolute atomic E-state index is 8.04. The van der Waals surface area contributed by atoms with Crippen LogP contribution in [-0.2, 0) is 0 Å². The van der Waals surface area contributed by atoms with Gasteiger partial charge >= 0.3 is 0 Å². The molecule has 0 rings (SSSR count). The van der Waals surface area contributed by atoms with E-state index in [-0.39, 0.29) is 0 Å². The van der Waals surface area contributed by atoms with E-state index < -0.39 is 0 Å². The third kappa shape index (κ3) is 2.93. The van der Waals surface area contributed by atoms with Crippen LogP contribution in [-0.4, -0.2) is 0 Å². The zero-order chi connectivity index (χ0) is 6.41. The molecule has 0 aliphatic carbocycles. The Kier molecular flexibility index (Phi) is 3.27. The molecule has 0 heterocycles. The molecule has 0 bridgehead atoms. The number of allylic oxidation sites excluding steroid dienone is 1. The van der Waals surface area contributed by atoms with Crippen molar-refractivity contribution >= 4 is 0 Å². The van der Waals surface area contributed by atoms with Gasteiger partial charge in [-0.2, -0.15) is 10.5 Å². The minimum Gasteiger partial charge on any atom is -0.198 e. The number of nitriles is 2. The largest absolute Gasteiger partial charge is 0.198 e. The summed E-state index contributed by atoms with van der Waals surface area (Å²) < 4.78 is 0. The smallest absolute Gasteiger partial charge is 0.0666 e. The first-order chi connectivity index (χ1) is 3.81. The van der Waals surface area contributed by atoms with Gasteiger partial charge in [0.15, 0.2) is 0 Å². The van der Waals surface area contributed by atoms with Crippen molar-refractivity contribution in [3.8, 4) is 12.1 Å². The molecular formula is C6H6N2. The summed E-state index contributed by atoms with van der Waals surface area (Å²) in [5.74, 6) is 0. The third-order valence-corrected chi connectivity index (χ3v) is 0.658. The molecule has 2 nitrogen and oxygen atoms in total. The van der Waals surface area contributed by atoms with Gasteiger partial charge in [0, 0.05) is 0 Å². The molecule has 0 saturated heterocycles. The Morgan fingerprint density at radius 1 is 1.25 bits per heavy atom. The summed E-state index contributed by atoms with van der Waals surface area (Å²) in [6, 6.07) is 3.80. The second-order valence-electron chi connectivity index (χ2n) is 1.42. The van der Waals surface area contributed by atoms with Crippen molar-refractivity contribution in [1.29, 1.82) is 10.5 Å². The van der Waals surface area contributed by atoms with E-state index in [0.29, 0.717) is 18.4 Å². The van der Waals surface area contributed by atoms with Gasteiger partial charge in [-0.3, -0.25) is 0 Å². The molecule has 0 fully saturated rings. The van der Waals surface area contributed by atoms with E-state index in [1.54, 1.807) is 0 Å². The molecule has 0 aromatic carbocycles. The van der Waals surface area contributed by atoms with Crippen molar-refractivity contribution in [1.82, 2.24) is 0 Å². The van der Waals surface area contributed by atoms with Gasteiger partial charge in [-0.15, -0.1) is 0 Å². The molecule has 0 saturated carbocycles. The minimum absolute atomic E-state index is 0.299. The molecule has 0 unspecified atom stereocenters. The summed E-state index contributed by atoms with van der Waals surface area (Å²) in [6.45, 7) is 3.49. The second-order valence-corrected chi connectivity index (χ2v) is 1.42. The summed E-state index contributed by atoms with van der Waals surface area (Å²) in [5, 5.41) is 16.1. The lowest BCUT2D eigenvalue weighted by Gasteiger charge is -1.85. The highest BCUT2D eigenvalue weighted by atomic mass is 14.2. The van der Waals surface area contributed by atoms with Crippen molar-refractivity contribution in [2.24, 2.45) is 0 Å². The number of nitrogens with zero attached hydrogens (tertiary/aromatic N) is 2. The lowest BCUT2D eigenvalue weighted by molar-refractivity contribution is 1.13. The number of rotatable bonds is 2. The molecular weight excluding hydrogens is 100 g/mol. The molecule has 8 heavy (non-hydrogen) atoms. The third-order valence-electron chi connectivity index (χ3n) is 0.658. The Bertz CT molecular complexity index is 138. The monoisotopic (exact) mass is 106 g/mol. The van der Waals surface area contributed by atoms with Crippen LogP contribution in [0.25, 0.3) is 0 Å². The van der Waals surface area contributed by atoms with Gasteiger partial charge in [0.2, 0.25) is 0 Å². The maximum Gasteiger partial charge on any atom is 0.0666 e. The van der Waals surface area contributed by atoms with Crippen LogP contribution in [0.1, 0.15) is 12.8 Å². The van der Waals surface area contributed by atoms with Crippen molar-refractivity contribution in [2.45, 2.75) is 12.8 Å². The summed E-state index contributed by atoms with van der Waals surface area (Å²) in [4.78, 5) is 0. The van der Waals surface area contributed by atoms with Crippen LogP contribution < -0.4 is 0 Å². The average molecular weight is 106 g/mol. The number of hydrogen-bond donors (Lipinski definition) is 0. The molecule has 0 aliphatic rings. The Balaban J connectivity index is 3.41. The summed E-state index contributed by atoms with van der Waals surface area (Å²) in [6.07, 6.45) is 0.598. The van der Waals surface area contributed by atoms with Crippen molar-refractivity contribution in [2.75, 3.05) is 0 Å². The van der Waals surface area contributed by atoms with E-state index in [4.69, 9.17) is 10.5 Å². The minimum atomic E-state index is 0.299. The normalized spacial score (nSPS) is 6.75. The van der Waals surface area contributed by atoms with Gasteiger partial charge in [-0.05, 0) is 5.57 Å². The Morgan fingerprint density at radius 3 is 1.88 bits per heavy atom. The van der Waals surface area contributed by atoms with Gasteiger partial charge in [0.1, 0.15) is 0 Å². The van der Waals surface area contributed by atoms with Crippen LogP contribution in [0.2, 0.25) is 0 Å². The van der Waals surface area contributed by atoms with Gasteiger partial charge < -0.3 is 0 Å². The van der Waals surface area contributed by atoms with Gasteiger partial charge in [0.05, 0.1) is 25.0 Å². The molecule has 0 amide bonds. The lowest BCUT2D eigenvalue weighted by Crippen LogP contribution is -1.73. The van der Waals surface area contributed by atoms with E-state index in [1.807, 2.05) is 12.1 Å². The van der Waals surface area contributed by atoms with E-state index in [2.05, 4.69) is 6.58 Å². The van der Waals surface area contributed by atoms with E-state index >= 15 is 0 Å². The van der Waals surface area contributed by atoms with Gasteiger partial charge in [0.25, 0.3) is 0 Å². The predicted octanol–water partition coefficient (Wildman–Crippen LogP) is 1.37. The molecule has 40 valence electrons. The van der Waals surface area contributed by atoms with Crippen molar-refractivity contribution in [3.05, 3.63) is 12.2 Å². The summed E-state index contributed by atoms with van der Waals surface area (Å²) >= 11 is 0. The highest BCUT2D eigenvalue weighted by molar-refractivity contribution is 5.07. The molecule has 0 aromatic rings. The quantitative estimate of drug-likeness (QED) is 0.499. The van der Waals surface area contributed by atoms with Crippen LogP contribution in [0.3, 0.4) is 0 Å². The maximum atomic E-state index is 8.04. The Labute approximate surface area is 48.7 Å². The number of hydrogen-bond acceptors (Lipinski definition) is 2. The van der Waals surface area contributed by atoms with E-state index in [1.165, 1.54) is 0 Å². The van der Waals surface area contributed by atoms with Crippen molar-refractivity contribution < 1.29 is 0 Å². The van der Waals surface area contributed by atoms with Crippen LogP contribution >= 0.6 is 0 Å². The van der Waals surface area contributed by atoms with Crippen molar-refractivity contribution in [3.63, 3.8) is 0 Å².